The Balaban J connectivity index is 2.51. The van der Waals surface area contributed by atoms with E-state index in [9.17, 15) is 26.7 Å². The van der Waals surface area contributed by atoms with E-state index in [-0.39, 0.29) is 5.69 Å². The Hall–Kier alpha value is -2.12. The molecule has 2 aromatic rings. The average Bonchev–Trinajstić information content (AvgIpc) is 2.71. The van der Waals surface area contributed by atoms with Gasteiger partial charge in [0.15, 0.2) is 0 Å². The number of hydrogen-bond acceptors (Lipinski definition) is 1. The van der Waals surface area contributed by atoms with Crippen molar-refractivity contribution >= 4 is 0 Å². The molecule has 1 aromatic carbocycles. The molecule has 0 saturated heterocycles. The fourth-order valence-electron chi connectivity index (χ4n) is 1.54. The second-order valence-electron chi connectivity index (χ2n) is 3.73. The zero-order chi connectivity index (χ0) is 14.2. The quantitative estimate of drug-likeness (QED) is 0.842. The number of H-pyrrole nitrogens is 1. The van der Waals surface area contributed by atoms with Gasteiger partial charge < -0.3 is 0 Å². The molecule has 0 aliphatic rings. The van der Waals surface area contributed by atoms with E-state index in [1.165, 1.54) is 6.07 Å². The van der Waals surface area contributed by atoms with E-state index in [0.29, 0.717) is 16.8 Å². The molecule has 0 spiro atoms. The van der Waals surface area contributed by atoms with Crippen molar-refractivity contribution < 1.29 is 22.0 Å². The van der Waals surface area contributed by atoms with E-state index in [0.717, 1.165) is 12.1 Å². The largest absolute Gasteiger partial charge is 0.416 e. The first kappa shape index (κ1) is 13.3. The molecule has 0 radical (unpaired) electrons. The van der Waals surface area contributed by atoms with Gasteiger partial charge in [0.05, 0.1) is 11.3 Å². The zero-order valence-corrected chi connectivity index (χ0v) is 9.21. The van der Waals surface area contributed by atoms with E-state index < -0.39 is 29.4 Å². The maximum Gasteiger partial charge on any atom is 0.416 e. The summed E-state index contributed by atoms with van der Waals surface area (Å²) in [4.78, 5) is 11.4. The van der Waals surface area contributed by atoms with Crippen LogP contribution in [0.15, 0.2) is 35.1 Å². The van der Waals surface area contributed by atoms with Crippen molar-refractivity contribution in [1.29, 1.82) is 0 Å². The van der Waals surface area contributed by atoms with Crippen LogP contribution in [0.2, 0.25) is 0 Å². The molecule has 0 aliphatic carbocycles. The first-order chi connectivity index (χ1) is 8.79. The summed E-state index contributed by atoms with van der Waals surface area (Å²) in [6.07, 6.45) is -7.47. The molecule has 19 heavy (non-hydrogen) atoms. The van der Waals surface area contributed by atoms with Crippen LogP contribution in [-0.4, -0.2) is 9.78 Å². The van der Waals surface area contributed by atoms with Crippen molar-refractivity contribution in [2.45, 2.75) is 12.6 Å². The van der Waals surface area contributed by atoms with Crippen molar-refractivity contribution in [3.8, 4) is 5.69 Å². The number of alkyl halides is 5. The molecule has 0 unspecified atom stereocenters. The molecule has 2 rings (SSSR count). The van der Waals surface area contributed by atoms with Gasteiger partial charge in [0, 0.05) is 6.07 Å². The van der Waals surface area contributed by atoms with Gasteiger partial charge in [-0.05, 0) is 18.2 Å². The van der Waals surface area contributed by atoms with Gasteiger partial charge in [-0.3, -0.25) is 9.89 Å². The Morgan fingerprint density at radius 2 is 1.84 bits per heavy atom. The molecule has 0 bridgehead atoms. The van der Waals surface area contributed by atoms with Crippen molar-refractivity contribution in [1.82, 2.24) is 9.78 Å². The smallest absolute Gasteiger partial charge is 0.289 e. The van der Waals surface area contributed by atoms with Crippen molar-refractivity contribution in [2.75, 3.05) is 0 Å². The highest BCUT2D eigenvalue weighted by Gasteiger charge is 2.30. The summed E-state index contributed by atoms with van der Waals surface area (Å²) in [7, 11) is 0. The molecule has 1 heterocycles. The summed E-state index contributed by atoms with van der Waals surface area (Å²) < 4.78 is 62.9. The van der Waals surface area contributed by atoms with Gasteiger partial charge in [0.1, 0.15) is 5.69 Å². The Labute approximate surface area is 103 Å². The number of halogens is 5. The van der Waals surface area contributed by atoms with E-state index >= 15 is 0 Å². The van der Waals surface area contributed by atoms with Crippen LogP contribution in [0, 0.1) is 0 Å². The number of benzene rings is 1. The van der Waals surface area contributed by atoms with Crippen LogP contribution in [0.1, 0.15) is 17.7 Å². The van der Waals surface area contributed by atoms with Crippen molar-refractivity contribution in [3.63, 3.8) is 0 Å². The number of nitrogens with zero attached hydrogens (tertiary/aromatic N) is 1. The third kappa shape index (κ3) is 2.67. The highest BCUT2D eigenvalue weighted by molar-refractivity contribution is 5.36. The maximum atomic E-state index is 12.5. The molecule has 0 aliphatic heterocycles. The molecule has 0 atom stereocenters. The highest BCUT2D eigenvalue weighted by Crippen LogP contribution is 2.30. The fraction of sp³-hybridized carbons (Fsp3) is 0.182. The van der Waals surface area contributed by atoms with Gasteiger partial charge in [-0.15, -0.1) is 0 Å². The lowest BCUT2D eigenvalue weighted by molar-refractivity contribution is -0.137. The first-order valence-electron chi connectivity index (χ1n) is 5.07. The Morgan fingerprint density at radius 3 is 2.37 bits per heavy atom. The summed E-state index contributed by atoms with van der Waals surface area (Å²) in [6.45, 7) is 0. The number of hydrogen-bond donors (Lipinski definition) is 1. The minimum Gasteiger partial charge on any atom is -0.289 e. The normalized spacial score (nSPS) is 12.1. The average molecular weight is 278 g/mol. The molecular formula is C11H7F5N2O. The minimum atomic E-state index is -4.57. The van der Waals surface area contributed by atoms with Crippen LogP contribution in [0.25, 0.3) is 5.69 Å². The van der Waals surface area contributed by atoms with Gasteiger partial charge in [-0.1, -0.05) is 6.07 Å². The number of rotatable bonds is 2. The summed E-state index contributed by atoms with van der Waals surface area (Å²) in [5.41, 5.74) is -2.63. The van der Waals surface area contributed by atoms with Gasteiger partial charge >= 0.3 is 6.18 Å². The summed E-state index contributed by atoms with van der Waals surface area (Å²) in [5.74, 6) is 0. The second kappa shape index (κ2) is 4.52. The van der Waals surface area contributed by atoms with Crippen LogP contribution < -0.4 is 5.56 Å². The molecule has 1 aromatic heterocycles. The van der Waals surface area contributed by atoms with Crippen LogP contribution in [0.3, 0.4) is 0 Å². The third-order valence-electron chi connectivity index (χ3n) is 2.41. The lowest BCUT2D eigenvalue weighted by atomic mass is 10.2. The molecule has 3 nitrogen and oxygen atoms in total. The Bertz CT molecular complexity index is 641. The fourth-order valence-corrected chi connectivity index (χ4v) is 1.54. The minimum absolute atomic E-state index is 0.160. The molecule has 0 fully saturated rings. The number of nitrogens with one attached hydrogen (secondary N) is 1. The standard InChI is InChI=1S/C11H7F5N2O/c12-10(13)8-5-9(19)18(17-8)7-3-1-2-6(4-7)11(14,15)16/h1-5,10,17H. The predicted molar refractivity (Wildman–Crippen MR) is 56.3 cm³/mol. The number of aromatic nitrogens is 2. The Morgan fingerprint density at radius 1 is 1.16 bits per heavy atom. The maximum absolute atomic E-state index is 12.5. The predicted octanol–water partition coefficient (Wildman–Crippen LogP) is 3.12. The molecule has 102 valence electrons. The van der Waals surface area contributed by atoms with E-state index in [4.69, 9.17) is 0 Å². The highest BCUT2D eigenvalue weighted by atomic mass is 19.4. The Kier molecular flexibility index (Phi) is 3.17. The zero-order valence-electron chi connectivity index (χ0n) is 9.21. The van der Waals surface area contributed by atoms with Crippen LogP contribution in [-0.2, 0) is 6.18 Å². The SMILES string of the molecule is O=c1cc(C(F)F)[nH]n1-c1cccc(C(F)(F)F)c1. The van der Waals surface area contributed by atoms with Crippen LogP contribution in [0.4, 0.5) is 22.0 Å². The van der Waals surface area contributed by atoms with Crippen LogP contribution >= 0.6 is 0 Å². The monoisotopic (exact) mass is 278 g/mol. The molecule has 1 N–H and O–H groups in total. The summed E-state index contributed by atoms with van der Waals surface area (Å²) in [5, 5.41) is 2.06. The van der Waals surface area contributed by atoms with Gasteiger partial charge in [-0.25, -0.2) is 13.5 Å². The second-order valence-corrected chi connectivity index (χ2v) is 3.73. The molecule has 0 saturated carbocycles. The van der Waals surface area contributed by atoms with E-state index in [2.05, 4.69) is 5.10 Å². The van der Waals surface area contributed by atoms with E-state index in [1.807, 2.05) is 0 Å². The first-order valence-corrected chi connectivity index (χ1v) is 5.07. The number of aromatic amines is 1. The van der Waals surface area contributed by atoms with Gasteiger partial charge in [0.2, 0.25) is 0 Å². The van der Waals surface area contributed by atoms with Gasteiger partial charge in [0.25, 0.3) is 12.0 Å². The van der Waals surface area contributed by atoms with Gasteiger partial charge in [-0.2, -0.15) is 13.2 Å². The third-order valence-corrected chi connectivity index (χ3v) is 2.41. The van der Waals surface area contributed by atoms with Crippen LogP contribution in [0.5, 0.6) is 0 Å². The lowest BCUT2D eigenvalue weighted by Crippen LogP contribution is -2.14. The van der Waals surface area contributed by atoms with Crippen molar-refractivity contribution in [3.05, 3.63) is 51.9 Å². The molecule has 0 amide bonds. The summed E-state index contributed by atoms with van der Waals surface area (Å²) in [6, 6.07) is 4.47. The summed E-state index contributed by atoms with van der Waals surface area (Å²) >= 11 is 0. The van der Waals surface area contributed by atoms with Crippen molar-refractivity contribution in [2.24, 2.45) is 0 Å². The topological polar surface area (TPSA) is 37.8 Å². The molecule has 8 heteroatoms. The van der Waals surface area contributed by atoms with E-state index in [1.54, 1.807) is 0 Å². The molecular weight excluding hydrogens is 271 g/mol. The lowest BCUT2D eigenvalue weighted by Gasteiger charge is -2.08.